The maximum Gasteiger partial charge on any atom is 0.234 e. The van der Waals surface area contributed by atoms with Crippen LogP contribution in [0.15, 0.2) is 30.5 Å². The molecule has 2 aromatic rings. The fourth-order valence-corrected chi connectivity index (χ4v) is 2.15. The Hall–Kier alpha value is -1.62. The quantitative estimate of drug-likeness (QED) is 0.828. The third-order valence-corrected chi connectivity index (χ3v) is 3.11. The first-order valence-corrected chi connectivity index (χ1v) is 7.15. The van der Waals surface area contributed by atoms with Gasteiger partial charge in [-0.2, -0.15) is 0 Å². The van der Waals surface area contributed by atoms with Crippen LogP contribution in [0.5, 0.6) is 11.6 Å². The van der Waals surface area contributed by atoms with E-state index in [4.69, 9.17) is 9.47 Å². The molecule has 0 N–H and O–H groups in total. The lowest BCUT2D eigenvalue weighted by atomic mass is 10.0. The van der Waals surface area contributed by atoms with Crippen LogP contribution in [0.25, 0.3) is 0 Å². The second kappa shape index (κ2) is 6.70. The van der Waals surface area contributed by atoms with Crippen molar-refractivity contribution in [1.29, 1.82) is 0 Å². The standard InChI is InChI=1S/C15H20N2O2S/c1-4-12-6-5-7-14(19-11(2)3)13(12)10-18-15-8-9-17(20)16-15/h5-9,11,20H,4,10H2,1-3H3. The summed E-state index contributed by atoms with van der Waals surface area (Å²) in [6.07, 6.45) is 2.81. The summed E-state index contributed by atoms with van der Waals surface area (Å²) >= 11 is 4.09. The van der Waals surface area contributed by atoms with Gasteiger partial charge in [0.2, 0.25) is 5.88 Å². The molecule has 0 bridgehead atoms. The van der Waals surface area contributed by atoms with Crippen molar-refractivity contribution in [3.63, 3.8) is 0 Å². The molecule has 1 aromatic heterocycles. The Balaban J connectivity index is 2.19. The number of hydrogen-bond donors (Lipinski definition) is 1. The van der Waals surface area contributed by atoms with Crippen LogP contribution in [0.1, 0.15) is 31.9 Å². The van der Waals surface area contributed by atoms with E-state index in [1.54, 1.807) is 12.3 Å². The van der Waals surface area contributed by atoms with Gasteiger partial charge in [-0.1, -0.05) is 19.1 Å². The second-order valence-corrected chi connectivity index (χ2v) is 5.19. The largest absolute Gasteiger partial charge is 0.491 e. The van der Waals surface area contributed by atoms with Crippen LogP contribution in [0.3, 0.4) is 0 Å². The van der Waals surface area contributed by atoms with Crippen LogP contribution in [0.2, 0.25) is 0 Å². The highest BCUT2D eigenvalue weighted by molar-refractivity contribution is 7.78. The number of hydrogen-bond acceptors (Lipinski definition) is 4. The first kappa shape index (κ1) is 14.8. The first-order chi connectivity index (χ1) is 9.60. The van der Waals surface area contributed by atoms with Crippen molar-refractivity contribution in [2.24, 2.45) is 0 Å². The van der Waals surface area contributed by atoms with Gasteiger partial charge in [-0.3, -0.25) is 0 Å². The summed E-state index contributed by atoms with van der Waals surface area (Å²) in [6, 6.07) is 7.88. The van der Waals surface area contributed by atoms with Gasteiger partial charge in [0.15, 0.2) is 0 Å². The molecule has 5 heteroatoms. The molecule has 20 heavy (non-hydrogen) atoms. The fraction of sp³-hybridized carbons (Fsp3) is 0.400. The summed E-state index contributed by atoms with van der Waals surface area (Å²) in [5.41, 5.74) is 2.31. The molecule has 1 aromatic carbocycles. The number of thiol groups is 1. The van der Waals surface area contributed by atoms with Crippen LogP contribution < -0.4 is 9.47 Å². The third kappa shape index (κ3) is 3.70. The second-order valence-electron chi connectivity index (χ2n) is 4.78. The molecule has 0 aliphatic rings. The number of aryl methyl sites for hydroxylation is 1. The van der Waals surface area contributed by atoms with Gasteiger partial charge in [-0.15, -0.1) is 5.10 Å². The predicted molar refractivity (Wildman–Crippen MR) is 82.5 cm³/mol. The highest BCUT2D eigenvalue weighted by Gasteiger charge is 2.11. The Kier molecular flexibility index (Phi) is 4.95. The highest BCUT2D eigenvalue weighted by Crippen LogP contribution is 2.25. The molecule has 4 nitrogen and oxygen atoms in total. The minimum atomic E-state index is 0.137. The molecule has 0 fully saturated rings. The van der Waals surface area contributed by atoms with E-state index in [1.165, 1.54) is 9.65 Å². The Labute approximate surface area is 125 Å². The third-order valence-electron chi connectivity index (χ3n) is 2.89. The van der Waals surface area contributed by atoms with Crippen molar-refractivity contribution in [3.05, 3.63) is 41.6 Å². The topological polar surface area (TPSA) is 36.3 Å². The van der Waals surface area contributed by atoms with Gasteiger partial charge in [0.1, 0.15) is 12.4 Å². The number of aromatic nitrogens is 2. The minimum Gasteiger partial charge on any atom is -0.491 e. The highest BCUT2D eigenvalue weighted by atomic mass is 32.1. The van der Waals surface area contributed by atoms with Crippen LogP contribution in [-0.4, -0.2) is 15.3 Å². The zero-order valence-electron chi connectivity index (χ0n) is 12.0. The van der Waals surface area contributed by atoms with Gasteiger partial charge in [0, 0.05) is 17.8 Å². The summed E-state index contributed by atoms with van der Waals surface area (Å²) in [4.78, 5) is 0. The van der Waals surface area contributed by atoms with E-state index in [0.717, 1.165) is 17.7 Å². The molecule has 0 unspecified atom stereocenters. The van der Waals surface area contributed by atoms with E-state index < -0.39 is 0 Å². The molecule has 0 aliphatic carbocycles. The Morgan fingerprint density at radius 1 is 1.30 bits per heavy atom. The SMILES string of the molecule is CCc1cccc(OC(C)C)c1COc1ccn(S)n1. The summed E-state index contributed by atoms with van der Waals surface area (Å²) < 4.78 is 13.0. The van der Waals surface area contributed by atoms with Crippen LogP contribution in [0.4, 0.5) is 0 Å². The number of nitrogens with zero attached hydrogens (tertiary/aromatic N) is 2. The smallest absolute Gasteiger partial charge is 0.234 e. The van der Waals surface area contributed by atoms with Crippen molar-refractivity contribution in [1.82, 2.24) is 9.19 Å². The van der Waals surface area contributed by atoms with E-state index in [-0.39, 0.29) is 6.10 Å². The van der Waals surface area contributed by atoms with Gasteiger partial charge < -0.3 is 9.47 Å². The molecule has 0 saturated carbocycles. The molecule has 0 saturated heterocycles. The monoisotopic (exact) mass is 292 g/mol. The summed E-state index contributed by atoms with van der Waals surface area (Å²) in [5.74, 6) is 1.44. The lowest BCUT2D eigenvalue weighted by molar-refractivity contribution is 0.228. The van der Waals surface area contributed by atoms with E-state index in [2.05, 4.69) is 30.9 Å². The van der Waals surface area contributed by atoms with Crippen LogP contribution in [0, 0.1) is 0 Å². The molecule has 108 valence electrons. The van der Waals surface area contributed by atoms with Crippen molar-refractivity contribution in [3.8, 4) is 11.6 Å². The average molecular weight is 292 g/mol. The Morgan fingerprint density at radius 3 is 2.70 bits per heavy atom. The Morgan fingerprint density at radius 2 is 2.10 bits per heavy atom. The zero-order chi connectivity index (χ0) is 14.5. The molecule has 1 heterocycles. The van der Waals surface area contributed by atoms with E-state index in [9.17, 15) is 0 Å². The molecule has 2 rings (SSSR count). The molecule has 0 atom stereocenters. The maximum absolute atomic E-state index is 5.86. The number of benzene rings is 1. The van der Waals surface area contributed by atoms with Crippen molar-refractivity contribution in [2.45, 2.75) is 39.9 Å². The minimum absolute atomic E-state index is 0.137. The average Bonchev–Trinajstić information content (AvgIpc) is 2.82. The normalized spacial score (nSPS) is 10.8. The summed E-state index contributed by atoms with van der Waals surface area (Å²) in [7, 11) is 0. The molecular weight excluding hydrogens is 272 g/mol. The first-order valence-electron chi connectivity index (χ1n) is 6.75. The van der Waals surface area contributed by atoms with E-state index in [1.807, 2.05) is 26.0 Å². The van der Waals surface area contributed by atoms with E-state index >= 15 is 0 Å². The van der Waals surface area contributed by atoms with Crippen LogP contribution >= 0.6 is 12.8 Å². The number of rotatable bonds is 6. The van der Waals surface area contributed by atoms with Gasteiger partial charge in [-0.05, 0) is 44.7 Å². The lowest BCUT2D eigenvalue weighted by Gasteiger charge is -2.17. The van der Waals surface area contributed by atoms with Crippen molar-refractivity contribution >= 4 is 12.8 Å². The molecule has 0 radical (unpaired) electrons. The van der Waals surface area contributed by atoms with Crippen LogP contribution in [-0.2, 0) is 13.0 Å². The fourth-order valence-electron chi connectivity index (χ4n) is 1.99. The van der Waals surface area contributed by atoms with Crippen molar-refractivity contribution < 1.29 is 9.47 Å². The molecule has 0 spiro atoms. The summed E-state index contributed by atoms with van der Waals surface area (Å²) in [5, 5.41) is 4.09. The maximum atomic E-state index is 5.86. The van der Waals surface area contributed by atoms with Gasteiger partial charge in [0.05, 0.1) is 6.10 Å². The van der Waals surface area contributed by atoms with E-state index in [0.29, 0.717) is 12.5 Å². The molecular formula is C15H20N2O2S. The molecule has 0 aliphatic heterocycles. The lowest BCUT2D eigenvalue weighted by Crippen LogP contribution is -2.10. The van der Waals surface area contributed by atoms with Gasteiger partial charge in [-0.25, -0.2) is 4.09 Å². The zero-order valence-corrected chi connectivity index (χ0v) is 12.9. The predicted octanol–water partition coefficient (Wildman–Crippen LogP) is 3.50. The van der Waals surface area contributed by atoms with Gasteiger partial charge >= 0.3 is 0 Å². The number of ether oxygens (including phenoxy) is 2. The molecule has 0 amide bonds. The van der Waals surface area contributed by atoms with Crippen molar-refractivity contribution in [2.75, 3.05) is 0 Å². The summed E-state index contributed by atoms with van der Waals surface area (Å²) in [6.45, 7) is 6.61. The Bertz CT molecular complexity index is 567. The van der Waals surface area contributed by atoms with Gasteiger partial charge in [0.25, 0.3) is 0 Å².